The number of carbonyl (C=O) groups excluding carboxylic acids is 1. The summed E-state index contributed by atoms with van der Waals surface area (Å²) < 4.78 is 5.34. The van der Waals surface area contributed by atoms with Crippen molar-refractivity contribution in [1.82, 2.24) is 4.98 Å². The van der Waals surface area contributed by atoms with Gasteiger partial charge in [0.1, 0.15) is 0 Å². The molecule has 0 saturated heterocycles. The molecule has 0 aliphatic heterocycles. The molecule has 2 aromatic carbocycles. The third-order valence-corrected chi connectivity index (χ3v) is 5.64. The van der Waals surface area contributed by atoms with Gasteiger partial charge in [-0.2, -0.15) is 0 Å². The molecule has 4 rings (SSSR count). The number of hydrogen-bond donors (Lipinski definition) is 2. The monoisotopic (exact) mass is 436 g/mol. The number of carboxylic acid groups (broad SMARTS) is 1. The van der Waals surface area contributed by atoms with Gasteiger partial charge in [0, 0.05) is 28.5 Å². The molecule has 0 unspecified atom stereocenters. The van der Waals surface area contributed by atoms with Gasteiger partial charge in [-0.3, -0.25) is 4.79 Å². The fourth-order valence-electron chi connectivity index (χ4n) is 3.63. The minimum absolute atomic E-state index is 0.0800. The van der Waals surface area contributed by atoms with Crippen molar-refractivity contribution in [3.8, 4) is 17.0 Å². The number of aromatic carboxylic acids is 1. The van der Waals surface area contributed by atoms with E-state index in [9.17, 15) is 14.7 Å². The number of ether oxygens (including phenoxy) is 1. The van der Waals surface area contributed by atoms with Crippen LogP contribution in [0.25, 0.3) is 11.1 Å². The summed E-state index contributed by atoms with van der Waals surface area (Å²) in [4.78, 5) is 29.1. The summed E-state index contributed by atoms with van der Waals surface area (Å²) in [6.07, 6.45) is 3.02. The minimum Gasteiger partial charge on any atom is -0.478 e. The Kier molecular flexibility index (Phi) is 5.65. The number of anilines is 1. The van der Waals surface area contributed by atoms with Gasteiger partial charge in [0.25, 0.3) is 0 Å². The second-order valence-electron chi connectivity index (χ2n) is 7.43. The van der Waals surface area contributed by atoms with Crippen molar-refractivity contribution >= 4 is 29.2 Å². The number of carbonyl (C=O) groups is 2. The highest BCUT2D eigenvalue weighted by Gasteiger charge is 2.51. The number of nitrogens with one attached hydrogen (secondary N) is 1. The lowest BCUT2D eigenvalue weighted by molar-refractivity contribution is -0.118. The van der Waals surface area contributed by atoms with Crippen LogP contribution in [0.3, 0.4) is 0 Å². The average molecular weight is 437 g/mol. The summed E-state index contributed by atoms with van der Waals surface area (Å²) in [5.74, 6) is -0.777. The molecule has 1 aliphatic rings. The van der Waals surface area contributed by atoms with E-state index in [1.54, 1.807) is 42.6 Å². The van der Waals surface area contributed by atoms with Crippen molar-refractivity contribution in [2.24, 2.45) is 0 Å². The number of hydrogen-bond acceptors (Lipinski definition) is 4. The second kappa shape index (κ2) is 8.40. The molecule has 31 heavy (non-hydrogen) atoms. The number of halogens is 1. The van der Waals surface area contributed by atoms with Crippen LogP contribution in [0.5, 0.6) is 5.88 Å². The third kappa shape index (κ3) is 4.25. The summed E-state index contributed by atoms with van der Waals surface area (Å²) in [5.41, 5.74) is 1.92. The number of rotatable bonds is 7. The van der Waals surface area contributed by atoms with Crippen molar-refractivity contribution in [1.29, 1.82) is 0 Å². The Labute approximate surface area is 184 Å². The van der Waals surface area contributed by atoms with Crippen molar-refractivity contribution in [3.63, 3.8) is 0 Å². The normalized spacial score (nSPS) is 14.0. The molecule has 0 bridgehead atoms. The van der Waals surface area contributed by atoms with Gasteiger partial charge in [-0.25, -0.2) is 9.78 Å². The van der Waals surface area contributed by atoms with Crippen LogP contribution in [0, 0.1) is 0 Å². The zero-order valence-corrected chi connectivity index (χ0v) is 17.6. The standard InChI is InChI=1S/C24H21ClN2O4/c1-2-31-21-9-6-15(14-26-21)19-8-7-18(13-20(19)22(28)29)27-23(30)24(10-11-24)16-4-3-5-17(25)12-16/h3-9,12-14H,2,10-11H2,1H3,(H,27,30)(H,28,29). The van der Waals surface area contributed by atoms with Crippen molar-refractivity contribution in [3.05, 3.63) is 76.9 Å². The molecular weight excluding hydrogens is 416 g/mol. The van der Waals surface area contributed by atoms with Crippen molar-refractivity contribution < 1.29 is 19.4 Å². The molecule has 6 nitrogen and oxygen atoms in total. The summed E-state index contributed by atoms with van der Waals surface area (Å²) in [5, 5.41) is 13.2. The number of carboxylic acids is 1. The smallest absolute Gasteiger partial charge is 0.336 e. The van der Waals surface area contributed by atoms with Crippen LogP contribution < -0.4 is 10.1 Å². The lowest BCUT2D eigenvalue weighted by Crippen LogP contribution is -2.27. The van der Waals surface area contributed by atoms with E-state index in [-0.39, 0.29) is 11.5 Å². The van der Waals surface area contributed by atoms with Gasteiger partial charge in [0.2, 0.25) is 11.8 Å². The Morgan fingerprint density at radius 3 is 2.58 bits per heavy atom. The first-order valence-corrected chi connectivity index (χ1v) is 10.3. The summed E-state index contributed by atoms with van der Waals surface area (Å²) in [6, 6.07) is 15.6. The van der Waals surface area contributed by atoms with Crippen LogP contribution >= 0.6 is 11.6 Å². The Hall–Kier alpha value is -3.38. The Morgan fingerprint density at radius 2 is 1.97 bits per heavy atom. The second-order valence-corrected chi connectivity index (χ2v) is 7.87. The van der Waals surface area contributed by atoms with E-state index in [2.05, 4.69) is 10.3 Å². The molecule has 0 spiro atoms. The predicted molar refractivity (Wildman–Crippen MR) is 119 cm³/mol. The highest BCUT2D eigenvalue weighted by molar-refractivity contribution is 6.30. The quantitative estimate of drug-likeness (QED) is 0.533. The molecule has 1 aliphatic carbocycles. The zero-order valence-electron chi connectivity index (χ0n) is 16.9. The Bertz CT molecular complexity index is 1140. The Balaban J connectivity index is 1.59. The van der Waals surface area contributed by atoms with E-state index in [0.29, 0.717) is 34.3 Å². The first-order chi connectivity index (χ1) is 14.9. The van der Waals surface area contributed by atoms with Crippen LogP contribution in [-0.4, -0.2) is 28.6 Å². The van der Waals surface area contributed by atoms with Crippen LogP contribution in [0.2, 0.25) is 5.02 Å². The number of pyridine rings is 1. The predicted octanol–water partition coefficient (Wildman–Crippen LogP) is 5.17. The van der Waals surface area contributed by atoms with E-state index < -0.39 is 11.4 Å². The molecule has 1 saturated carbocycles. The van der Waals surface area contributed by atoms with Crippen molar-refractivity contribution in [2.45, 2.75) is 25.2 Å². The molecule has 0 atom stereocenters. The molecule has 1 heterocycles. The largest absolute Gasteiger partial charge is 0.478 e. The molecule has 1 aromatic heterocycles. The maximum atomic E-state index is 13.0. The van der Waals surface area contributed by atoms with Gasteiger partial charge in [-0.05, 0) is 61.2 Å². The van der Waals surface area contributed by atoms with Gasteiger partial charge < -0.3 is 15.2 Å². The summed E-state index contributed by atoms with van der Waals surface area (Å²) in [7, 11) is 0. The van der Waals surface area contributed by atoms with Crippen LogP contribution in [0.15, 0.2) is 60.8 Å². The fourth-order valence-corrected chi connectivity index (χ4v) is 3.82. The zero-order chi connectivity index (χ0) is 22.0. The minimum atomic E-state index is -1.09. The van der Waals surface area contributed by atoms with Crippen LogP contribution in [0.1, 0.15) is 35.7 Å². The number of nitrogens with zero attached hydrogens (tertiary/aromatic N) is 1. The lowest BCUT2D eigenvalue weighted by atomic mass is 9.94. The van der Waals surface area contributed by atoms with Crippen LogP contribution in [0.4, 0.5) is 5.69 Å². The molecule has 1 fully saturated rings. The van der Waals surface area contributed by atoms with E-state index in [1.165, 1.54) is 6.07 Å². The average Bonchev–Trinajstić information content (AvgIpc) is 3.57. The Morgan fingerprint density at radius 1 is 1.16 bits per heavy atom. The molecule has 3 aromatic rings. The maximum Gasteiger partial charge on any atom is 0.336 e. The van der Waals surface area contributed by atoms with Gasteiger partial charge >= 0.3 is 5.97 Å². The summed E-state index contributed by atoms with van der Waals surface area (Å²) >= 11 is 6.09. The first kappa shape index (κ1) is 20.9. The van der Waals surface area contributed by atoms with E-state index in [1.807, 2.05) is 19.1 Å². The van der Waals surface area contributed by atoms with E-state index in [4.69, 9.17) is 16.3 Å². The van der Waals surface area contributed by atoms with Gasteiger partial charge in [-0.1, -0.05) is 29.8 Å². The molecular formula is C24H21ClN2O4. The number of benzene rings is 2. The molecule has 2 N–H and O–H groups in total. The maximum absolute atomic E-state index is 13.0. The number of amides is 1. The third-order valence-electron chi connectivity index (χ3n) is 5.41. The van der Waals surface area contributed by atoms with Gasteiger partial charge in [-0.15, -0.1) is 0 Å². The van der Waals surface area contributed by atoms with Gasteiger partial charge in [0.15, 0.2) is 0 Å². The lowest BCUT2D eigenvalue weighted by Gasteiger charge is -2.17. The van der Waals surface area contributed by atoms with Gasteiger partial charge in [0.05, 0.1) is 17.6 Å². The SMILES string of the molecule is CCOc1ccc(-c2ccc(NC(=O)C3(c4cccc(Cl)c4)CC3)cc2C(=O)O)cn1. The van der Waals surface area contributed by atoms with E-state index in [0.717, 1.165) is 18.4 Å². The fraction of sp³-hybridized carbons (Fsp3) is 0.208. The topological polar surface area (TPSA) is 88.5 Å². The molecule has 0 radical (unpaired) electrons. The summed E-state index contributed by atoms with van der Waals surface area (Å²) in [6.45, 7) is 2.36. The van der Waals surface area contributed by atoms with Crippen LogP contribution in [-0.2, 0) is 10.2 Å². The highest BCUT2D eigenvalue weighted by atomic mass is 35.5. The van der Waals surface area contributed by atoms with E-state index >= 15 is 0 Å². The first-order valence-electron chi connectivity index (χ1n) is 9.97. The molecule has 7 heteroatoms. The highest BCUT2D eigenvalue weighted by Crippen LogP contribution is 2.49. The molecule has 158 valence electrons. The molecule has 1 amide bonds. The number of aromatic nitrogens is 1. The van der Waals surface area contributed by atoms with Crippen molar-refractivity contribution in [2.75, 3.05) is 11.9 Å².